The van der Waals surface area contributed by atoms with Crippen molar-refractivity contribution in [3.63, 3.8) is 0 Å². The summed E-state index contributed by atoms with van der Waals surface area (Å²) in [5.74, 6) is 0. The number of aromatic nitrogens is 3. The number of benzene rings is 1. The third-order valence-electron chi connectivity index (χ3n) is 2.91. The first-order valence-corrected chi connectivity index (χ1v) is 5.41. The molecule has 0 radical (unpaired) electrons. The van der Waals surface area contributed by atoms with Crippen LogP contribution in [0.25, 0.3) is 21.8 Å². The molecule has 0 aliphatic carbocycles. The van der Waals surface area contributed by atoms with Crippen molar-refractivity contribution in [2.24, 2.45) is 5.73 Å². The molecule has 1 atom stereocenters. The van der Waals surface area contributed by atoms with Crippen molar-refractivity contribution in [2.45, 2.75) is 6.04 Å². The first kappa shape index (κ1) is 9.99. The fourth-order valence-corrected chi connectivity index (χ4v) is 2.03. The predicted octanol–water partition coefficient (Wildman–Crippen LogP) is 2.30. The molecule has 3 aromatic rings. The van der Waals surface area contributed by atoms with Gasteiger partial charge in [-0.1, -0.05) is 24.3 Å². The van der Waals surface area contributed by atoms with Crippen LogP contribution in [-0.2, 0) is 0 Å². The van der Waals surface area contributed by atoms with Gasteiger partial charge in [-0.3, -0.25) is 10.1 Å². The highest BCUT2D eigenvalue weighted by Gasteiger charge is 2.13. The third kappa shape index (κ3) is 1.42. The Hall–Kier alpha value is -2.20. The van der Waals surface area contributed by atoms with E-state index < -0.39 is 0 Å². The molecule has 2 aromatic heterocycles. The molecule has 0 bridgehead atoms. The second-order valence-electron chi connectivity index (χ2n) is 3.93. The molecule has 2 heterocycles. The van der Waals surface area contributed by atoms with Crippen LogP contribution in [-0.4, -0.2) is 15.2 Å². The number of nitrogens with one attached hydrogen (secondary N) is 1. The van der Waals surface area contributed by atoms with Crippen molar-refractivity contribution in [3.05, 3.63) is 48.8 Å². The summed E-state index contributed by atoms with van der Waals surface area (Å²) in [6.07, 6.45) is 3.45. The summed E-state index contributed by atoms with van der Waals surface area (Å²) in [6.45, 7) is 3.72. The Morgan fingerprint density at radius 2 is 2.12 bits per heavy atom. The van der Waals surface area contributed by atoms with Crippen LogP contribution in [0.4, 0.5) is 0 Å². The average molecular weight is 224 g/mol. The number of rotatable bonds is 2. The van der Waals surface area contributed by atoms with E-state index in [1.165, 1.54) is 0 Å². The maximum Gasteiger partial charge on any atom is 0.111 e. The predicted molar refractivity (Wildman–Crippen MR) is 68.5 cm³/mol. The number of nitrogens with zero attached hydrogens (tertiary/aromatic N) is 2. The maximum atomic E-state index is 5.99. The van der Waals surface area contributed by atoms with Crippen molar-refractivity contribution in [3.8, 4) is 0 Å². The third-order valence-corrected chi connectivity index (χ3v) is 2.91. The second kappa shape index (κ2) is 3.68. The Labute approximate surface area is 98.2 Å². The first-order chi connectivity index (χ1) is 8.31. The minimum Gasteiger partial charge on any atom is -0.319 e. The number of aromatic amines is 1. The SMILES string of the molecule is C=CC(N)c1[nH]nc2cnc3ccccc3c12. The highest BCUT2D eigenvalue weighted by molar-refractivity contribution is 6.05. The van der Waals surface area contributed by atoms with Gasteiger partial charge in [0.1, 0.15) is 5.52 Å². The van der Waals surface area contributed by atoms with Gasteiger partial charge in [-0.05, 0) is 6.07 Å². The van der Waals surface area contributed by atoms with E-state index in [4.69, 9.17) is 5.73 Å². The van der Waals surface area contributed by atoms with Crippen molar-refractivity contribution < 1.29 is 0 Å². The Kier molecular flexibility index (Phi) is 2.16. The van der Waals surface area contributed by atoms with Gasteiger partial charge >= 0.3 is 0 Å². The summed E-state index contributed by atoms with van der Waals surface area (Å²) in [6, 6.07) is 7.71. The van der Waals surface area contributed by atoms with Crippen molar-refractivity contribution >= 4 is 21.8 Å². The van der Waals surface area contributed by atoms with Gasteiger partial charge in [-0.2, -0.15) is 5.10 Å². The van der Waals surface area contributed by atoms with Gasteiger partial charge in [0.2, 0.25) is 0 Å². The minimum atomic E-state index is -0.245. The quantitative estimate of drug-likeness (QED) is 0.656. The van der Waals surface area contributed by atoms with E-state index in [0.717, 1.165) is 27.5 Å². The van der Waals surface area contributed by atoms with Crippen LogP contribution in [0.15, 0.2) is 43.1 Å². The van der Waals surface area contributed by atoms with E-state index in [2.05, 4.69) is 21.8 Å². The van der Waals surface area contributed by atoms with E-state index in [1.807, 2.05) is 24.3 Å². The molecule has 0 fully saturated rings. The molecule has 3 N–H and O–H groups in total. The van der Waals surface area contributed by atoms with Gasteiger partial charge in [0.25, 0.3) is 0 Å². The molecular formula is C13H12N4. The molecule has 0 saturated carbocycles. The monoisotopic (exact) mass is 224 g/mol. The van der Waals surface area contributed by atoms with Crippen molar-refractivity contribution in [2.75, 3.05) is 0 Å². The Balaban J connectivity index is 2.46. The molecule has 84 valence electrons. The zero-order chi connectivity index (χ0) is 11.8. The summed E-state index contributed by atoms with van der Waals surface area (Å²) in [7, 11) is 0. The van der Waals surface area contributed by atoms with E-state index >= 15 is 0 Å². The normalized spacial score (nSPS) is 13.0. The standard InChI is InChI=1S/C13H12N4/c1-2-9(14)13-12-8-5-3-4-6-10(8)15-7-11(12)16-17-13/h2-7,9H,1,14H2,(H,16,17). The summed E-state index contributed by atoms with van der Waals surface area (Å²) >= 11 is 0. The number of H-pyrrole nitrogens is 1. The van der Waals surface area contributed by atoms with Crippen LogP contribution in [0.1, 0.15) is 11.7 Å². The highest BCUT2D eigenvalue weighted by atomic mass is 15.1. The second-order valence-corrected chi connectivity index (χ2v) is 3.93. The van der Waals surface area contributed by atoms with Gasteiger partial charge in [-0.15, -0.1) is 6.58 Å². The number of pyridine rings is 1. The number of nitrogens with two attached hydrogens (primary N) is 1. The lowest BCUT2D eigenvalue weighted by Gasteiger charge is -2.05. The van der Waals surface area contributed by atoms with Crippen LogP contribution < -0.4 is 5.73 Å². The molecule has 17 heavy (non-hydrogen) atoms. The minimum absolute atomic E-state index is 0.245. The molecule has 0 amide bonds. The molecule has 3 rings (SSSR count). The largest absolute Gasteiger partial charge is 0.319 e. The summed E-state index contributed by atoms with van der Waals surface area (Å²) in [5, 5.41) is 9.28. The van der Waals surface area contributed by atoms with Crippen LogP contribution in [0.5, 0.6) is 0 Å². The molecule has 0 saturated heterocycles. The Morgan fingerprint density at radius 1 is 1.29 bits per heavy atom. The molecule has 1 aromatic carbocycles. The smallest absolute Gasteiger partial charge is 0.111 e. The van der Waals surface area contributed by atoms with Gasteiger partial charge in [-0.25, -0.2) is 0 Å². The van der Waals surface area contributed by atoms with Crippen LogP contribution in [0, 0.1) is 0 Å². The summed E-state index contributed by atoms with van der Waals surface area (Å²) in [4.78, 5) is 4.36. The van der Waals surface area contributed by atoms with E-state index in [-0.39, 0.29) is 6.04 Å². The van der Waals surface area contributed by atoms with Crippen LogP contribution in [0.3, 0.4) is 0 Å². The van der Waals surface area contributed by atoms with E-state index in [9.17, 15) is 0 Å². The molecule has 0 aliphatic heterocycles. The first-order valence-electron chi connectivity index (χ1n) is 5.41. The van der Waals surface area contributed by atoms with E-state index in [0.29, 0.717) is 0 Å². The molecule has 4 nitrogen and oxygen atoms in total. The summed E-state index contributed by atoms with van der Waals surface area (Å²) < 4.78 is 0. The lowest BCUT2D eigenvalue weighted by Crippen LogP contribution is -2.07. The van der Waals surface area contributed by atoms with Crippen molar-refractivity contribution in [1.82, 2.24) is 15.2 Å². The molecule has 0 spiro atoms. The molecule has 4 heteroatoms. The Morgan fingerprint density at radius 3 is 2.94 bits per heavy atom. The Bertz CT molecular complexity index is 699. The lowest BCUT2D eigenvalue weighted by molar-refractivity contribution is 0.856. The van der Waals surface area contributed by atoms with Gasteiger partial charge in [0.05, 0.1) is 23.4 Å². The highest BCUT2D eigenvalue weighted by Crippen LogP contribution is 2.27. The number of hydrogen-bond donors (Lipinski definition) is 2. The zero-order valence-corrected chi connectivity index (χ0v) is 9.22. The lowest BCUT2D eigenvalue weighted by atomic mass is 10.1. The van der Waals surface area contributed by atoms with E-state index in [1.54, 1.807) is 12.3 Å². The maximum absolute atomic E-state index is 5.99. The van der Waals surface area contributed by atoms with Gasteiger partial charge < -0.3 is 5.73 Å². The summed E-state index contributed by atoms with van der Waals surface area (Å²) in [5.41, 5.74) is 8.64. The average Bonchev–Trinajstić information content (AvgIpc) is 2.82. The van der Waals surface area contributed by atoms with Crippen LogP contribution in [0.2, 0.25) is 0 Å². The number of fused-ring (bicyclic) bond motifs is 3. The van der Waals surface area contributed by atoms with Gasteiger partial charge in [0, 0.05) is 10.8 Å². The molecule has 1 unspecified atom stereocenters. The van der Waals surface area contributed by atoms with Crippen molar-refractivity contribution in [1.29, 1.82) is 0 Å². The number of hydrogen-bond acceptors (Lipinski definition) is 3. The number of para-hydroxylation sites is 1. The fourth-order valence-electron chi connectivity index (χ4n) is 2.03. The van der Waals surface area contributed by atoms with Crippen LogP contribution >= 0.6 is 0 Å². The fraction of sp³-hybridized carbons (Fsp3) is 0.0769. The van der Waals surface area contributed by atoms with Gasteiger partial charge in [0.15, 0.2) is 0 Å². The zero-order valence-electron chi connectivity index (χ0n) is 9.22. The molecular weight excluding hydrogens is 212 g/mol. The topological polar surface area (TPSA) is 67.6 Å². The molecule has 0 aliphatic rings.